The molecular weight excluding hydrogens is 832 g/mol. The summed E-state index contributed by atoms with van der Waals surface area (Å²) >= 11 is 6.80. The van der Waals surface area contributed by atoms with Crippen molar-refractivity contribution in [2.45, 2.75) is 134 Å². The van der Waals surface area contributed by atoms with E-state index < -0.39 is 65.5 Å². The lowest BCUT2D eigenvalue weighted by molar-refractivity contribution is -0.162. The molecule has 17 heteroatoms. The van der Waals surface area contributed by atoms with Crippen molar-refractivity contribution in [3.63, 3.8) is 0 Å². The molecule has 14 nitrogen and oxygen atoms in total. The second-order valence-electron chi connectivity index (χ2n) is 17.0. The average Bonchev–Trinajstić information content (AvgIpc) is 3.89. The molecule has 3 aliphatic heterocycles. The minimum absolute atomic E-state index is 0.00632. The zero-order valence-electron chi connectivity index (χ0n) is 36.7. The van der Waals surface area contributed by atoms with Gasteiger partial charge in [-0.15, -0.1) is 0 Å². The van der Waals surface area contributed by atoms with E-state index in [-0.39, 0.29) is 40.8 Å². The molecule has 0 saturated carbocycles. The molecule has 0 radical (unpaired) electrons. The Morgan fingerprint density at radius 2 is 1.92 bits per heavy atom. The highest BCUT2D eigenvalue weighted by Gasteiger charge is 2.64. The topological polar surface area (TPSA) is 176 Å². The number of ether oxygens (including phenoxy) is 4. The van der Waals surface area contributed by atoms with E-state index in [4.69, 9.17) is 30.5 Å². The van der Waals surface area contributed by atoms with E-state index in [0.717, 1.165) is 23.3 Å². The lowest BCUT2D eigenvalue weighted by atomic mass is 9.82. The number of carbonyl (C=O) groups is 5. The quantitative estimate of drug-likeness (QED) is 0.0839. The van der Waals surface area contributed by atoms with Crippen LogP contribution in [0.15, 0.2) is 35.9 Å². The zero-order valence-corrected chi connectivity index (χ0v) is 39.1. The number of aliphatic hydroxyl groups is 1. The fraction of sp³-hybridized carbons (Fsp3) is 0.651. The number of benzene rings is 1. The van der Waals surface area contributed by atoms with Gasteiger partial charge < -0.3 is 39.2 Å². The Labute approximate surface area is 367 Å². The molecule has 60 heavy (non-hydrogen) atoms. The molecule has 0 aromatic heterocycles. The van der Waals surface area contributed by atoms with E-state index in [9.17, 15) is 29.1 Å². The molecule has 0 aliphatic carbocycles. The van der Waals surface area contributed by atoms with Crippen LogP contribution in [0, 0.1) is 11.8 Å². The van der Waals surface area contributed by atoms with Gasteiger partial charge in [-0.05, 0) is 71.6 Å². The van der Waals surface area contributed by atoms with Gasteiger partial charge in [0.15, 0.2) is 0 Å². The Morgan fingerprint density at radius 3 is 2.58 bits per heavy atom. The molecule has 3 aliphatic rings. The number of anilines is 1. The van der Waals surface area contributed by atoms with Crippen molar-refractivity contribution in [1.29, 1.82) is 0 Å². The van der Waals surface area contributed by atoms with Crippen molar-refractivity contribution in [2.75, 3.05) is 38.9 Å². The van der Waals surface area contributed by atoms with E-state index in [1.165, 1.54) is 16.9 Å². The van der Waals surface area contributed by atoms with Crippen LogP contribution in [0.5, 0.6) is 5.75 Å². The fourth-order valence-electron chi connectivity index (χ4n) is 7.37. The molecule has 2 saturated heterocycles. The van der Waals surface area contributed by atoms with Crippen LogP contribution in [0.4, 0.5) is 10.5 Å². The predicted octanol–water partition coefficient (Wildman–Crippen LogP) is 6.60. The zero-order chi connectivity index (χ0) is 44.7. The first-order valence-corrected chi connectivity index (χ1v) is 23.1. The molecule has 1 aromatic rings. The number of nitrogens with one attached hydrogen (secondary N) is 2. The van der Waals surface area contributed by atoms with E-state index >= 15 is 0 Å². The molecule has 3 N–H and O–H groups in total. The second-order valence-corrected chi connectivity index (χ2v) is 20.5. The summed E-state index contributed by atoms with van der Waals surface area (Å²) in [6.07, 6.45) is 4.43. The molecule has 2 fully saturated rings. The molecular formula is C43H63ClN4O10S2. The predicted molar refractivity (Wildman–Crippen MR) is 236 cm³/mol. The maximum atomic E-state index is 14.3. The highest BCUT2D eigenvalue weighted by Crippen LogP contribution is 2.49. The van der Waals surface area contributed by atoms with Gasteiger partial charge in [-0.25, -0.2) is 9.59 Å². The van der Waals surface area contributed by atoms with Gasteiger partial charge in [0, 0.05) is 62.7 Å². The van der Waals surface area contributed by atoms with Crippen molar-refractivity contribution in [3.8, 4) is 5.75 Å². The normalized spacial score (nSPS) is 29.1. The summed E-state index contributed by atoms with van der Waals surface area (Å²) in [6.45, 7) is 13.0. The molecule has 1 aromatic carbocycles. The average molecular weight is 896 g/mol. The molecule has 0 unspecified atom stereocenters. The number of epoxide rings is 1. The number of alkyl carbamates (subject to hydrolysis) is 1. The number of likely N-dealkylation sites (N-methyl/N-ethyl adjacent to an activating group) is 1. The van der Waals surface area contributed by atoms with Crippen molar-refractivity contribution in [3.05, 3.63) is 46.5 Å². The molecule has 4 rings (SSSR count). The van der Waals surface area contributed by atoms with Crippen molar-refractivity contribution in [1.82, 2.24) is 15.5 Å². The van der Waals surface area contributed by atoms with Gasteiger partial charge in [0.05, 0.1) is 25.3 Å². The van der Waals surface area contributed by atoms with Crippen LogP contribution in [0.25, 0.3) is 0 Å². The summed E-state index contributed by atoms with van der Waals surface area (Å²) in [5.41, 5.74) is -0.638. The summed E-state index contributed by atoms with van der Waals surface area (Å²) in [5, 5.41) is 17.2. The Morgan fingerprint density at radius 1 is 1.22 bits per heavy atom. The minimum Gasteiger partial charge on any atom is -0.495 e. The Kier molecular flexibility index (Phi) is 16.9. The van der Waals surface area contributed by atoms with E-state index in [1.807, 2.05) is 51.1 Å². The van der Waals surface area contributed by atoms with Crippen molar-refractivity contribution in [2.24, 2.45) is 11.8 Å². The Bertz CT molecular complexity index is 1830. The van der Waals surface area contributed by atoms with Crippen LogP contribution >= 0.6 is 33.2 Å². The number of nitrogens with zero attached hydrogens (tertiary/aromatic N) is 2. The fourth-order valence-corrected chi connectivity index (χ4v) is 10.3. The van der Waals surface area contributed by atoms with Crippen LogP contribution in [-0.2, 0) is 39.8 Å². The number of hydrogen-bond donors (Lipinski definition) is 3. The first-order valence-electron chi connectivity index (χ1n) is 20.4. The molecule has 3 heterocycles. The highest BCUT2D eigenvalue weighted by molar-refractivity contribution is 8.77. The summed E-state index contributed by atoms with van der Waals surface area (Å²) < 4.78 is 23.5. The van der Waals surface area contributed by atoms with Gasteiger partial charge in [-0.1, -0.05) is 70.8 Å². The lowest BCUT2D eigenvalue weighted by Crippen LogP contribution is -2.60. The van der Waals surface area contributed by atoms with Crippen LogP contribution in [0.3, 0.4) is 0 Å². The standard InChI is InChI=1S/C43H63ClN4O10S2/c1-25-14-12-15-26(2)43(54)24-32(56-40(53)46-43)27(3)38-42(7,58-38)33(23-36(51)48(10)30-21-29(20-25)22-31(55-11)37(30)44)57-39(52)28(4)47(9)35(50)17-18-41(5,6)60-59-19-13-16-34(49)45-8/h12,14-15,21-22,26-28,32-33,38,54H,13,16-20,23-24H2,1-11H3,(H,45,49)(H,46,53)/b15-12+,25-14+/t26-,27-,28+,32+,33+,38+,42+,43+/m1/s1. The van der Waals surface area contributed by atoms with Crippen LogP contribution in [0.2, 0.25) is 5.02 Å². The third-order valence-electron chi connectivity index (χ3n) is 11.8. The summed E-state index contributed by atoms with van der Waals surface area (Å²) in [5.74, 6) is -1.20. The number of carbonyl (C=O) groups excluding carboxylic acids is 5. The van der Waals surface area contributed by atoms with E-state index in [2.05, 4.69) is 24.5 Å². The summed E-state index contributed by atoms with van der Waals surface area (Å²) in [6, 6.07) is 2.62. The third kappa shape index (κ3) is 12.4. The maximum absolute atomic E-state index is 14.3. The molecule has 334 valence electrons. The lowest BCUT2D eigenvalue weighted by Gasteiger charge is -2.41. The summed E-state index contributed by atoms with van der Waals surface area (Å²) in [7, 11) is 9.58. The number of esters is 1. The number of halogens is 1. The van der Waals surface area contributed by atoms with Crippen LogP contribution in [-0.4, -0.2) is 114 Å². The maximum Gasteiger partial charge on any atom is 0.409 e. The van der Waals surface area contributed by atoms with Crippen molar-refractivity contribution < 1.29 is 48.0 Å². The number of fused-ring (bicyclic) bond motifs is 5. The number of methoxy groups -OCH3 is 1. The third-order valence-corrected chi connectivity index (χ3v) is 15.6. The van der Waals surface area contributed by atoms with Crippen LogP contribution in [0.1, 0.15) is 92.6 Å². The first-order chi connectivity index (χ1) is 28.0. The van der Waals surface area contributed by atoms with Gasteiger partial charge in [-0.2, -0.15) is 0 Å². The summed E-state index contributed by atoms with van der Waals surface area (Å²) in [4.78, 5) is 68.9. The van der Waals surface area contributed by atoms with Gasteiger partial charge in [0.2, 0.25) is 17.7 Å². The molecule has 4 bridgehead atoms. The molecule has 0 spiro atoms. The Hall–Kier alpha value is -3.44. The van der Waals surface area contributed by atoms with E-state index in [0.29, 0.717) is 30.7 Å². The minimum atomic E-state index is -1.63. The second kappa shape index (κ2) is 20.6. The monoisotopic (exact) mass is 894 g/mol. The van der Waals surface area contributed by atoms with Gasteiger partial charge in [0.1, 0.15) is 40.3 Å². The van der Waals surface area contributed by atoms with Crippen molar-refractivity contribution >= 4 is 68.7 Å². The number of rotatable bonds is 13. The van der Waals surface area contributed by atoms with Crippen LogP contribution < -0.4 is 20.3 Å². The smallest absolute Gasteiger partial charge is 0.409 e. The van der Waals surface area contributed by atoms with Gasteiger partial charge >= 0.3 is 12.1 Å². The molecule has 4 amide bonds. The largest absolute Gasteiger partial charge is 0.495 e. The first kappa shape index (κ1) is 49.2. The van der Waals surface area contributed by atoms with Gasteiger partial charge in [-0.3, -0.25) is 19.7 Å². The SMILES string of the molecule is CNC(=O)CCCSSC(C)(C)CCC(=O)N(C)[C@@H](C)C(=O)O[C@H]1CC(=O)N(C)c2cc(cc(OC)c2Cl)C/C(C)=C/C=C/[C@@H](C)[C@@]2(O)C[C@H](OC(=O)N2)[C@@H](C)[C@@H]2O[C@@]12C. The molecule has 8 atom stereocenters. The number of hydrogen-bond acceptors (Lipinski definition) is 12. The number of amides is 4. The van der Waals surface area contributed by atoms with Gasteiger partial charge in [0.25, 0.3) is 0 Å². The highest BCUT2D eigenvalue weighted by atomic mass is 35.5. The number of allylic oxidation sites excluding steroid dienone is 3. The Balaban J connectivity index is 1.58. The van der Waals surface area contributed by atoms with E-state index in [1.54, 1.807) is 56.6 Å².